The predicted molar refractivity (Wildman–Crippen MR) is 123 cm³/mol. The highest BCUT2D eigenvalue weighted by Crippen LogP contribution is 2.31. The molecule has 2 fully saturated rings. The molecule has 1 aromatic heterocycles. The summed E-state index contributed by atoms with van der Waals surface area (Å²) in [5, 5.41) is 2.86. The van der Waals surface area contributed by atoms with Crippen LogP contribution in [0.3, 0.4) is 0 Å². The Morgan fingerprint density at radius 1 is 1.06 bits per heavy atom. The molecule has 0 radical (unpaired) electrons. The van der Waals surface area contributed by atoms with E-state index < -0.39 is 0 Å². The van der Waals surface area contributed by atoms with E-state index in [9.17, 15) is 14.0 Å². The molecule has 3 heterocycles. The van der Waals surface area contributed by atoms with Crippen LogP contribution in [0.1, 0.15) is 39.8 Å². The Morgan fingerprint density at radius 2 is 1.75 bits per heavy atom. The van der Waals surface area contributed by atoms with Gasteiger partial charge in [0.1, 0.15) is 11.5 Å². The molecule has 2 saturated heterocycles. The highest BCUT2D eigenvalue weighted by Gasteiger charge is 2.28. The lowest BCUT2D eigenvalue weighted by atomic mass is 9.97. The van der Waals surface area contributed by atoms with E-state index in [2.05, 4.69) is 16.5 Å². The maximum Gasteiger partial charge on any atom is 0.273 e. The van der Waals surface area contributed by atoms with Gasteiger partial charge in [-0.1, -0.05) is 18.2 Å². The molecule has 0 bridgehead atoms. The van der Waals surface area contributed by atoms with E-state index in [0.29, 0.717) is 38.3 Å². The number of benzene rings is 1. The van der Waals surface area contributed by atoms with Crippen molar-refractivity contribution in [2.24, 2.45) is 0 Å². The lowest BCUT2D eigenvalue weighted by molar-refractivity contribution is -0.131. The van der Waals surface area contributed by atoms with E-state index in [0.717, 1.165) is 43.0 Å². The van der Waals surface area contributed by atoms with Crippen molar-refractivity contribution in [1.29, 1.82) is 0 Å². The van der Waals surface area contributed by atoms with Crippen molar-refractivity contribution >= 4 is 23.2 Å². The van der Waals surface area contributed by atoms with Crippen LogP contribution >= 0.6 is 11.3 Å². The number of nitrogens with zero attached hydrogens (tertiary/aromatic N) is 4. The fraction of sp³-hybridized carbons (Fsp3) is 0.458. The van der Waals surface area contributed by atoms with E-state index in [1.807, 2.05) is 21.3 Å². The molecule has 2 aromatic rings. The third-order valence-corrected chi connectivity index (χ3v) is 7.26. The fourth-order valence-corrected chi connectivity index (χ4v) is 5.28. The van der Waals surface area contributed by atoms with Crippen LogP contribution in [-0.4, -0.2) is 77.3 Å². The first-order chi connectivity index (χ1) is 15.5. The molecule has 32 heavy (non-hydrogen) atoms. The van der Waals surface area contributed by atoms with Crippen molar-refractivity contribution in [3.05, 3.63) is 64.4 Å². The van der Waals surface area contributed by atoms with Crippen molar-refractivity contribution < 1.29 is 14.0 Å². The molecular formula is C24H29FN4O2S. The summed E-state index contributed by atoms with van der Waals surface area (Å²) in [6.07, 6.45) is 3.87. The van der Waals surface area contributed by atoms with Gasteiger partial charge in [-0.25, -0.2) is 9.37 Å². The summed E-state index contributed by atoms with van der Waals surface area (Å²) < 4.78 is 13.1. The molecule has 4 rings (SSSR count). The van der Waals surface area contributed by atoms with Crippen LogP contribution in [0.4, 0.5) is 4.39 Å². The van der Waals surface area contributed by atoms with Gasteiger partial charge in [-0.2, -0.15) is 0 Å². The first kappa shape index (κ1) is 22.6. The normalized spacial score (nSPS) is 18.0. The summed E-state index contributed by atoms with van der Waals surface area (Å²) in [6.45, 7) is 9.14. The number of aromatic nitrogens is 1. The van der Waals surface area contributed by atoms with Crippen LogP contribution in [-0.2, 0) is 11.2 Å². The first-order valence-electron chi connectivity index (χ1n) is 11.1. The zero-order chi connectivity index (χ0) is 22.5. The molecule has 2 aliphatic rings. The Kier molecular flexibility index (Phi) is 7.32. The smallest absolute Gasteiger partial charge is 0.273 e. The highest BCUT2D eigenvalue weighted by molar-refractivity contribution is 7.09. The summed E-state index contributed by atoms with van der Waals surface area (Å²) >= 11 is 1.55. The molecule has 0 spiro atoms. The average molecular weight is 457 g/mol. The molecule has 8 heteroatoms. The molecule has 0 N–H and O–H groups in total. The Bertz CT molecular complexity index is 945. The lowest BCUT2D eigenvalue weighted by Crippen LogP contribution is -2.48. The maximum atomic E-state index is 13.1. The van der Waals surface area contributed by atoms with Crippen molar-refractivity contribution in [2.45, 2.75) is 25.2 Å². The number of rotatable bonds is 6. The molecule has 6 nitrogen and oxygen atoms in total. The van der Waals surface area contributed by atoms with E-state index in [4.69, 9.17) is 0 Å². The van der Waals surface area contributed by atoms with Gasteiger partial charge in [0.15, 0.2) is 0 Å². The van der Waals surface area contributed by atoms with Crippen molar-refractivity contribution in [2.75, 3.05) is 45.8 Å². The summed E-state index contributed by atoms with van der Waals surface area (Å²) in [5.41, 5.74) is 1.36. The van der Waals surface area contributed by atoms with Crippen LogP contribution in [0.15, 0.2) is 42.3 Å². The number of thiazole rings is 1. The van der Waals surface area contributed by atoms with Crippen LogP contribution in [0, 0.1) is 5.82 Å². The Balaban J connectivity index is 1.27. The largest absolute Gasteiger partial charge is 0.342 e. The van der Waals surface area contributed by atoms with Crippen LogP contribution in [0.5, 0.6) is 0 Å². The number of likely N-dealkylation sites (tertiary alicyclic amines) is 1. The standard InChI is InChI=1S/C24H29FN4O2S/c1-2-9-27-12-14-29(15-13-27)24(31)21-17-32-23(26-21)19-7-10-28(11-8-19)22(30)16-18-3-5-20(25)6-4-18/h2-6,17,19H,1,7-16H2. The van der Waals surface area contributed by atoms with Gasteiger partial charge >= 0.3 is 0 Å². The van der Waals surface area contributed by atoms with Crippen molar-refractivity contribution in [3.63, 3.8) is 0 Å². The summed E-state index contributed by atoms with van der Waals surface area (Å²) in [7, 11) is 0. The monoisotopic (exact) mass is 456 g/mol. The molecule has 2 amide bonds. The van der Waals surface area contributed by atoms with Crippen LogP contribution in [0.2, 0.25) is 0 Å². The second-order valence-electron chi connectivity index (χ2n) is 8.41. The third-order valence-electron chi connectivity index (χ3n) is 6.25. The van der Waals surface area contributed by atoms with Gasteiger partial charge in [-0.05, 0) is 30.5 Å². The second kappa shape index (κ2) is 10.4. The minimum atomic E-state index is -0.293. The van der Waals surface area contributed by atoms with Crippen LogP contribution < -0.4 is 0 Å². The molecule has 2 aliphatic heterocycles. The SMILES string of the molecule is C=CCN1CCN(C(=O)c2csc(C3CCN(C(=O)Cc4ccc(F)cc4)CC3)n2)CC1. The van der Waals surface area contributed by atoms with Gasteiger partial charge in [-0.15, -0.1) is 17.9 Å². The number of hydrogen-bond acceptors (Lipinski definition) is 5. The minimum absolute atomic E-state index is 0.0117. The second-order valence-corrected chi connectivity index (χ2v) is 9.30. The molecule has 170 valence electrons. The van der Waals surface area contributed by atoms with Crippen molar-refractivity contribution in [3.8, 4) is 0 Å². The summed E-state index contributed by atoms with van der Waals surface area (Å²) in [5.74, 6) is 0.0671. The minimum Gasteiger partial charge on any atom is -0.342 e. The molecule has 0 saturated carbocycles. The predicted octanol–water partition coefficient (Wildman–Crippen LogP) is 3.17. The molecule has 0 unspecified atom stereocenters. The number of piperazine rings is 1. The van der Waals surface area contributed by atoms with E-state index in [1.54, 1.807) is 23.5 Å². The van der Waals surface area contributed by atoms with Crippen molar-refractivity contribution in [1.82, 2.24) is 19.7 Å². The number of carbonyl (C=O) groups is 2. The molecule has 0 atom stereocenters. The summed E-state index contributed by atoms with van der Waals surface area (Å²) in [4.78, 5) is 36.2. The number of carbonyl (C=O) groups excluding carboxylic acids is 2. The van der Waals surface area contributed by atoms with Gasteiger partial charge in [-0.3, -0.25) is 14.5 Å². The number of amides is 2. The zero-order valence-corrected chi connectivity index (χ0v) is 19.0. The number of piperidine rings is 1. The van der Waals surface area contributed by atoms with Gasteiger partial charge in [0.25, 0.3) is 5.91 Å². The fourth-order valence-electron chi connectivity index (χ4n) is 4.32. The average Bonchev–Trinajstić information content (AvgIpc) is 3.31. The lowest BCUT2D eigenvalue weighted by Gasteiger charge is -2.33. The van der Waals surface area contributed by atoms with Gasteiger partial charge < -0.3 is 9.80 Å². The van der Waals surface area contributed by atoms with Gasteiger partial charge in [0, 0.05) is 57.1 Å². The quantitative estimate of drug-likeness (QED) is 0.627. The molecule has 1 aromatic carbocycles. The Morgan fingerprint density at radius 3 is 2.41 bits per heavy atom. The zero-order valence-electron chi connectivity index (χ0n) is 18.2. The molecular weight excluding hydrogens is 427 g/mol. The Labute approximate surface area is 192 Å². The Hall–Kier alpha value is -2.58. The van der Waals surface area contributed by atoms with Gasteiger partial charge in [0.2, 0.25) is 5.91 Å². The van der Waals surface area contributed by atoms with Gasteiger partial charge in [0.05, 0.1) is 11.4 Å². The summed E-state index contributed by atoms with van der Waals surface area (Å²) in [6, 6.07) is 6.09. The first-order valence-corrected chi connectivity index (χ1v) is 12.0. The highest BCUT2D eigenvalue weighted by atomic mass is 32.1. The topological polar surface area (TPSA) is 56.8 Å². The number of hydrogen-bond donors (Lipinski definition) is 0. The molecule has 0 aliphatic carbocycles. The number of halogens is 1. The van der Waals surface area contributed by atoms with E-state index in [1.165, 1.54) is 12.1 Å². The van der Waals surface area contributed by atoms with E-state index >= 15 is 0 Å². The van der Waals surface area contributed by atoms with Crippen LogP contribution in [0.25, 0.3) is 0 Å². The third kappa shape index (κ3) is 5.42. The van der Waals surface area contributed by atoms with E-state index in [-0.39, 0.29) is 23.5 Å². The maximum absolute atomic E-state index is 13.1.